The number of carbonyl (C=O) groups excluding carboxylic acids is 4. The number of benzene rings is 1. The summed E-state index contributed by atoms with van der Waals surface area (Å²) in [6.45, 7) is 0.441. The van der Waals surface area contributed by atoms with Crippen LogP contribution in [0.3, 0.4) is 0 Å². The third kappa shape index (κ3) is 4.50. The number of carbonyl (C=O) groups is 4. The van der Waals surface area contributed by atoms with E-state index < -0.39 is 69.7 Å². The molecule has 8 N–H and O–H groups in total. The van der Waals surface area contributed by atoms with Gasteiger partial charge in [-0.1, -0.05) is 12.1 Å². The van der Waals surface area contributed by atoms with E-state index in [1.807, 2.05) is 17.5 Å². The summed E-state index contributed by atoms with van der Waals surface area (Å²) in [4.78, 5) is 54.1. The number of ketones is 2. The first-order valence-electron chi connectivity index (χ1n) is 12.9. The summed E-state index contributed by atoms with van der Waals surface area (Å²) in [5.41, 5.74) is 1.91. The fourth-order valence-electron chi connectivity index (χ4n) is 6.23. The van der Waals surface area contributed by atoms with Crippen LogP contribution in [-0.2, 0) is 32.1 Å². The molecule has 3 aliphatic rings. The average Bonchev–Trinajstić information content (AvgIpc) is 3.41. The number of phenolic OH excluding ortho intramolecular Hbond substituents is 1. The normalized spacial score (nSPS) is 25.6. The third-order valence-corrected chi connectivity index (χ3v) is 8.91. The number of nitrogens with zero attached hydrogens (tertiary/aromatic N) is 1. The second kappa shape index (κ2) is 10.4. The van der Waals surface area contributed by atoms with E-state index in [9.17, 15) is 39.6 Å². The summed E-state index contributed by atoms with van der Waals surface area (Å²) >= 11 is 1.54. The number of amides is 2. The molecule has 1 fully saturated rings. The molecule has 1 saturated carbocycles. The molecule has 3 unspecified atom stereocenters. The quantitative estimate of drug-likeness (QED) is 0.180. The second-order valence-corrected chi connectivity index (χ2v) is 11.7. The molecule has 2 amide bonds. The number of anilines is 1. The van der Waals surface area contributed by atoms with Gasteiger partial charge in [0.25, 0.3) is 5.91 Å². The van der Waals surface area contributed by atoms with Crippen LogP contribution in [0.2, 0.25) is 0 Å². The largest absolute Gasteiger partial charge is 0.508 e. The Balaban J connectivity index is 1.49. The molecule has 1 heterocycles. The fraction of sp³-hybridized carbons (Fsp3) is 0.357. The zero-order chi connectivity index (χ0) is 29.8. The number of nitrogens with two attached hydrogens (primary N) is 1. The zero-order valence-corrected chi connectivity index (χ0v) is 23.1. The maximum absolute atomic E-state index is 13.9. The number of primary amides is 1. The van der Waals surface area contributed by atoms with Gasteiger partial charge in [-0.05, 0) is 55.9 Å². The SMILES string of the molecule is CN(C)[C@@H]1C(=O)C(C(N)=O)=C(O)C2(O)C(=O)C3=C(O)c4c(ccc(NC(=O)CNCc5cccs5)c4O)CC3CC12. The molecule has 3 aliphatic carbocycles. The molecule has 0 aliphatic heterocycles. The van der Waals surface area contributed by atoms with Crippen molar-refractivity contribution in [2.75, 3.05) is 26.0 Å². The van der Waals surface area contributed by atoms with Crippen LogP contribution in [0.1, 0.15) is 22.4 Å². The first kappa shape index (κ1) is 28.5. The molecule has 13 heteroatoms. The lowest BCUT2D eigenvalue weighted by atomic mass is 9.57. The highest BCUT2D eigenvalue weighted by Gasteiger charge is 2.64. The number of likely N-dealkylation sites (N-methyl/N-ethyl adjacent to an activating group) is 1. The van der Waals surface area contributed by atoms with Crippen LogP contribution in [0.5, 0.6) is 5.75 Å². The number of aliphatic hydroxyl groups is 3. The van der Waals surface area contributed by atoms with E-state index in [2.05, 4.69) is 10.6 Å². The molecule has 2 aromatic rings. The van der Waals surface area contributed by atoms with Gasteiger partial charge in [0.15, 0.2) is 11.4 Å². The van der Waals surface area contributed by atoms with Gasteiger partial charge in [-0.2, -0.15) is 0 Å². The van der Waals surface area contributed by atoms with Crippen LogP contribution in [0.25, 0.3) is 5.76 Å². The third-order valence-electron chi connectivity index (χ3n) is 8.03. The van der Waals surface area contributed by atoms with Crippen molar-refractivity contribution in [2.24, 2.45) is 17.6 Å². The Bertz CT molecular complexity index is 1530. The van der Waals surface area contributed by atoms with Gasteiger partial charge in [0, 0.05) is 22.9 Å². The average molecular weight is 583 g/mol. The minimum Gasteiger partial charge on any atom is -0.508 e. The zero-order valence-electron chi connectivity index (χ0n) is 22.3. The number of Topliss-reactive ketones (excluding diaryl/α,β-unsaturated/α-hetero) is 2. The van der Waals surface area contributed by atoms with Crippen LogP contribution in [0.15, 0.2) is 46.6 Å². The monoisotopic (exact) mass is 582 g/mol. The van der Waals surface area contributed by atoms with Crippen molar-refractivity contribution in [1.82, 2.24) is 10.2 Å². The summed E-state index contributed by atoms with van der Waals surface area (Å²) < 4.78 is 0. The number of nitrogens with one attached hydrogen (secondary N) is 2. The van der Waals surface area contributed by atoms with Crippen LogP contribution in [0, 0.1) is 11.8 Å². The Morgan fingerprint density at radius 1 is 1.17 bits per heavy atom. The predicted octanol–water partition coefficient (Wildman–Crippen LogP) is 0.754. The van der Waals surface area contributed by atoms with Crippen molar-refractivity contribution in [2.45, 2.75) is 31.0 Å². The van der Waals surface area contributed by atoms with Gasteiger partial charge in [0.05, 0.1) is 23.8 Å². The molecule has 0 radical (unpaired) electrons. The predicted molar refractivity (Wildman–Crippen MR) is 149 cm³/mol. The van der Waals surface area contributed by atoms with E-state index >= 15 is 0 Å². The molecule has 0 bridgehead atoms. The van der Waals surface area contributed by atoms with Gasteiger partial charge in [-0.3, -0.25) is 24.1 Å². The standard InChI is InChI=1S/C28H30N4O8S/c1-32(2)21-15-9-13-8-12-5-6-16(31-17(33)11-30-10-14-4-3-7-41-14)22(34)18(12)23(35)19(13)25(37)28(15,40)26(38)20(24(21)36)27(29)39/h3-7,13,15,21,30,34-35,38,40H,8-11H2,1-2H3,(H2,29,39)(H,31,33)/t13?,15?,21-,28?/m0/s1. The lowest BCUT2D eigenvalue weighted by molar-refractivity contribution is -0.153. The topological polar surface area (TPSA) is 203 Å². The Morgan fingerprint density at radius 2 is 1.90 bits per heavy atom. The van der Waals surface area contributed by atoms with Crippen molar-refractivity contribution >= 4 is 46.2 Å². The van der Waals surface area contributed by atoms with Crippen molar-refractivity contribution in [3.05, 3.63) is 62.6 Å². The van der Waals surface area contributed by atoms with E-state index in [-0.39, 0.29) is 36.2 Å². The minimum absolute atomic E-state index is 0.000913. The van der Waals surface area contributed by atoms with Crippen molar-refractivity contribution < 1.29 is 39.6 Å². The molecular formula is C28H30N4O8S. The van der Waals surface area contributed by atoms with Gasteiger partial charge in [0.1, 0.15) is 22.8 Å². The molecular weight excluding hydrogens is 552 g/mol. The van der Waals surface area contributed by atoms with Crippen molar-refractivity contribution in [3.63, 3.8) is 0 Å². The van der Waals surface area contributed by atoms with E-state index in [1.165, 1.54) is 11.0 Å². The summed E-state index contributed by atoms with van der Waals surface area (Å²) in [5.74, 6) is -7.69. The number of hydrogen-bond donors (Lipinski definition) is 7. The summed E-state index contributed by atoms with van der Waals surface area (Å²) in [6, 6.07) is 5.78. The highest BCUT2D eigenvalue weighted by molar-refractivity contribution is 7.09. The first-order chi connectivity index (χ1) is 19.4. The van der Waals surface area contributed by atoms with E-state index in [0.717, 1.165) is 4.88 Å². The highest BCUT2D eigenvalue weighted by atomic mass is 32.1. The van der Waals surface area contributed by atoms with Gasteiger partial charge < -0.3 is 36.8 Å². The number of hydrogen-bond acceptors (Lipinski definition) is 11. The Hall–Kier alpha value is -4.04. The van der Waals surface area contributed by atoms with Crippen LogP contribution in [0.4, 0.5) is 5.69 Å². The number of thiophene rings is 1. The summed E-state index contributed by atoms with van der Waals surface area (Å²) in [5, 5.41) is 52.4. The van der Waals surface area contributed by atoms with Crippen molar-refractivity contribution in [1.29, 1.82) is 0 Å². The Morgan fingerprint density at radius 3 is 2.54 bits per heavy atom. The van der Waals surface area contributed by atoms with Crippen LogP contribution in [-0.4, -0.2) is 81.0 Å². The number of fused-ring (bicyclic) bond motifs is 3. The maximum Gasteiger partial charge on any atom is 0.255 e. The fourth-order valence-corrected chi connectivity index (χ4v) is 6.90. The molecule has 41 heavy (non-hydrogen) atoms. The first-order valence-corrected chi connectivity index (χ1v) is 13.8. The van der Waals surface area contributed by atoms with E-state index in [4.69, 9.17) is 5.73 Å². The molecule has 0 saturated heterocycles. The number of rotatable bonds is 7. The smallest absolute Gasteiger partial charge is 0.255 e. The maximum atomic E-state index is 13.9. The molecule has 12 nitrogen and oxygen atoms in total. The lowest BCUT2D eigenvalue weighted by Crippen LogP contribution is -2.65. The molecule has 1 aromatic heterocycles. The highest BCUT2D eigenvalue weighted by Crippen LogP contribution is 2.53. The second-order valence-electron chi connectivity index (χ2n) is 10.7. The van der Waals surface area contributed by atoms with E-state index in [0.29, 0.717) is 12.1 Å². The molecule has 216 valence electrons. The van der Waals surface area contributed by atoms with Gasteiger partial charge >= 0.3 is 0 Å². The van der Waals surface area contributed by atoms with Crippen LogP contribution >= 0.6 is 11.3 Å². The molecule has 4 atom stereocenters. The molecule has 1 aromatic carbocycles. The number of phenols is 1. The Kier molecular flexibility index (Phi) is 7.24. The summed E-state index contributed by atoms with van der Waals surface area (Å²) in [6.07, 6.45) is 0.166. The lowest BCUT2D eigenvalue weighted by Gasteiger charge is -2.50. The van der Waals surface area contributed by atoms with Crippen LogP contribution < -0.4 is 16.4 Å². The minimum atomic E-state index is -2.71. The molecule has 5 rings (SSSR count). The van der Waals surface area contributed by atoms with Crippen molar-refractivity contribution in [3.8, 4) is 5.75 Å². The van der Waals surface area contributed by atoms with Gasteiger partial charge in [-0.15, -0.1) is 11.3 Å². The molecule has 0 spiro atoms. The van der Waals surface area contributed by atoms with Gasteiger partial charge in [-0.25, -0.2) is 0 Å². The number of aliphatic hydroxyl groups excluding tert-OH is 2. The van der Waals surface area contributed by atoms with E-state index in [1.54, 1.807) is 31.5 Å². The Labute approximate surface area is 238 Å². The number of aromatic hydroxyl groups is 1. The summed E-state index contributed by atoms with van der Waals surface area (Å²) in [7, 11) is 3.08. The van der Waals surface area contributed by atoms with Gasteiger partial charge in [0.2, 0.25) is 11.7 Å².